The van der Waals surface area contributed by atoms with Crippen LogP contribution in [0.15, 0.2) is 53.7 Å². The van der Waals surface area contributed by atoms with Gasteiger partial charge in [0.15, 0.2) is 10.9 Å². The Morgan fingerprint density at radius 2 is 1.87 bits per heavy atom. The lowest BCUT2D eigenvalue weighted by Crippen LogP contribution is -2.08. The fourth-order valence-corrected chi connectivity index (χ4v) is 4.47. The van der Waals surface area contributed by atoms with E-state index in [0.717, 1.165) is 51.7 Å². The molecule has 0 radical (unpaired) electrons. The Bertz CT molecular complexity index is 1210. The van der Waals surface area contributed by atoms with Gasteiger partial charge in [-0.2, -0.15) is 0 Å². The van der Waals surface area contributed by atoms with E-state index in [9.17, 15) is 9.18 Å². The summed E-state index contributed by atoms with van der Waals surface area (Å²) in [6.07, 6.45) is 0.789. The molecule has 4 aromatic rings. The van der Waals surface area contributed by atoms with Gasteiger partial charge in [-0.1, -0.05) is 30.0 Å². The minimum Gasteiger partial charge on any atom is -0.348 e. The van der Waals surface area contributed by atoms with Crippen LogP contribution in [0.25, 0.3) is 11.0 Å². The lowest BCUT2D eigenvalue weighted by atomic mass is 10.1. The third-order valence-corrected chi connectivity index (χ3v) is 6.24. The van der Waals surface area contributed by atoms with Gasteiger partial charge in [0, 0.05) is 23.5 Å². The molecule has 0 amide bonds. The van der Waals surface area contributed by atoms with Crippen LogP contribution in [0, 0.1) is 26.6 Å². The molecular formula is C24H24FN3OS. The Labute approximate surface area is 179 Å². The number of ketones is 1. The first-order valence-corrected chi connectivity index (χ1v) is 10.9. The summed E-state index contributed by atoms with van der Waals surface area (Å²) in [5, 5.41) is 0.758. The highest BCUT2D eigenvalue weighted by Crippen LogP contribution is 2.23. The summed E-state index contributed by atoms with van der Waals surface area (Å²) >= 11 is 1.43. The highest BCUT2D eigenvalue weighted by atomic mass is 32.2. The molecule has 6 heteroatoms. The number of hydrogen-bond donors (Lipinski definition) is 1. The van der Waals surface area contributed by atoms with Crippen molar-refractivity contribution in [1.29, 1.82) is 0 Å². The number of carbonyl (C=O) groups excluding carboxylic acids is 1. The number of imidazole rings is 1. The van der Waals surface area contributed by atoms with Crippen LogP contribution in [-0.4, -0.2) is 26.1 Å². The molecule has 0 aliphatic heterocycles. The van der Waals surface area contributed by atoms with Gasteiger partial charge in [0.2, 0.25) is 0 Å². The second-order valence-electron chi connectivity index (χ2n) is 7.59. The zero-order valence-corrected chi connectivity index (χ0v) is 18.1. The van der Waals surface area contributed by atoms with Crippen LogP contribution < -0.4 is 0 Å². The lowest BCUT2D eigenvalue weighted by molar-refractivity contribution is 0.102. The minimum atomic E-state index is -0.225. The molecule has 0 aliphatic rings. The number of halogens is 1. The second-order valence-corrected chi connectivity index (χ2v) is 8.55. The van der Waals surface area contributed by atoms with Crippen molar-refractivity contribution in [2.75, 3.05) is 5.75 Å². The zero-order chi connectivity index (χ0) is 21.3. The second kappa shape index (κ2) is 8.48. The van der Waals surface area contributed by atoms with E-state index in [4.69, 9.17) is 0 Å². The Hall–Kier alpha value is -2.86. The Morgan fingerprint density at radius 1 is 1.10 bits per heavy atom. The molecule has 0 fully saturated rings. The molecule has 2 heterocycles. The van der Waals surface area contributed by atoms with Crippen molar-refractivity contribution in [3.05, 3.63) is 82.4 Å². The molecule has 0 saturated heterocycles. The number of aromatic nitrogens is 3. The predicted molar refractivity (Wildman–Crippen MR) is 120 cm³/mol. The first-order valence-electron chi connectivity index (χ1n) is 9.94. The highest BCUT2D eigenvalue weighted by Gasteiger charge is 2.17. The smallest absolute Gasteiger partial charge is 0.175 e. The van der Waals surface area contributed by atoms with Crippen LogP contribution in [0.1, 0.15) is 32.9 Å². The van der Waals surface area contributed by atoms with Crippen LogP contribution in [0.5, 0.6) is 0 Å². The van der Waals surface area contributed by atoms with Gasteiger partial charge < -0.3 is 9.55 Å². The van der Waals surface area contributed by atoms with Gasteiger partial charge in [-0.25, -0.2) is 9.37 Å². The predicted octanol–water partition coefficient (Wildman–Crippen LogP) is 5.65. The van der Waals surface area contributed by atoms with E-state index in [-0.39, 0.29) is 11.6 Å². The molecule has 0 saturated carbocycles. The number of benzene rings is 2. The van der Waals surface area contributed by atoms with Gasteiger partial charge in [0.1, 0.15) is 5.82 Å². The van der Waals surface area contributed by atoms with Crippen molar-refractivity contribution in [2.45, 2.75) is 38.9 Å². The number of Topliss-reactive ketones (excluding diaryl/α,β-unsaturated/α-hetero) is 1. The summed E-state index contributed by atoms with van der Waals surface area (Å²) in [4.78, 5) is 20.7. The summed E-state index contributed by atoms with van der Waals surface area (Å²) in [5.74, 6) is 0.205. The van der Waals surface area contributed by atoms with E-state index >= 15 is 0 Å². The molecular weight excluding hydrogens is 397 g/mol. The van der Waals surface area contributed by atoms with E-state index in [1.54, 1.807) is 12.1 Å². The standard InChI is InChI=1S/C24H24FN3OS/c1-15-4-9-21-22(12-15)27-24(26-21)30-14-23(29)20-13-16(2)28(17(20)3)11-10-18-5-7-19(25)8-6-18/h4-9,12-13H,10-11,14H2,1-3H3,(H,26,27). The average molecular weight is 422 g/mol. The van der Waals surface area contributed by atoms with Crippen molar-refractivity contribution in [1.82, 2.24) is 14.5 Å². The van der Waals surface area contributed by atoms with E-state index in [1.165, 1.54) is 29.5 Å². The number of fused-ring (bicyclic) bond motifs is 1. The molecule has 4 rings (SSSR count). The molecule has 30 heavy (non-hydrogen) atoms. The summed E-state index contributed by atoms with van der Waals surface area (Å²) < 4.78 is 15.3. The van der Waals surface area contributed by atoms with Gasteiger partial charge in [-0.3, -0.25) is 4.79 Å². The first-order chi connectivity index (χ1) is 14.4. The zero-order valence-electron chi connectivity index (χ0n) is 17.3. The SMILES string of the molecule is Cc1ccc2nc(SCC(=O)c3cc(C)n(CCc4ccc(F)cc4)c3C)[nH]c2c1. The summed E-state index contributed by atoms with van der Waals surface area (Å²) in [6.45, 7) is 6.80. The number of hydrogen-bond acceptors (Lipinski definition) is 3. The van der Waals surface area contributed by atoms with Crippen LogP contribution in [-0.2, 0) is 13.0 Å². The molecule has 154 valence electrons. The highest BCUT2D eigenvalue weighted by molar-refractivity contribution is 7.99. The van der Waals surface area contributed by atoms with E-state index < -0.39 is 0 Å². The van der Waals surface area contributed by atoms with Gasteiger partial charge >= 0.3 is 0 Å². The molecule has 2 aromatic carbocycles. The third kappa shape index (κ3) is 4.33. The monoisotopic (exact) mass is 421 g/mol. The maximum absolute atomic E-state index is 13.1. The quantitative estimate of drug-likeness (QED) is 0.310. The molecule has 2 aromatic heterocycles. The number of thioether (sulfide) groups is 1. The normalized spacial score (nSPS) is 11.3. The van der Waals surface area contributed by atoms with E-state index in [1.807, 2.05) is 39.0 Å². The molecule has 0 bridgehead atoms. The topological polar surface area (TPSA) is 50.7 Å². The number of rotatable bonds is 7. The van der Waals surface area contributed by atoms with Crippen LogP contribution >= 0.6 is 11.8 Å². The third-order valence-electron chi connectivity index (χ3n) is 5.37. The molecule has 0 spiro atoms. The Balaban J connectivity index is 1.43. The van der Waals surface area contributed by atoms with Gasteiger partial charge in [-0.15, -0.1) is 0 Å². The molecule has 0 atom stereocenters. The molecule has 0 aliphatic carbocycles. The Morgan fingerprint density at radius 3 is 2.63 bits per heavy atom. The van der Waals surface area contributed by atoms with Gasteiger partial charge in [0.25, 0.3) is 0 Å². The van der Waals surface area contributed by atoms with Gasteiger partial charge in [0.05, 0.1) is 16.8 Å². The van der Waals surface area contributed by atoms with Crippen molar-refractivity contribution in [3.8, 4) is 0 Å². The van der Waals surface area contributed by atoms with E-state index in [0.29, 0.717) is 5.75 Å². The minimum absolute atomic E-state index is 0.0952. The first kappa shape index (κ1) is 20.4. The molecule has 0 unspecified atom stereocenters. The maximum Gasteiger partial charge on any atom is 0.175 e. The number of H-pyrrole nitrogens is 1. The summed E-state index contributed by atoms with van der Waals surface area (Å²) in [7, 11) is 0. The van der Waals surface area contributed by atoms with Crippen molar-refractivity contribution >= 4 is 28.6 Å². The molecule has 4 nitrogen and oxygen atoms in total. The lowest BCUT2D eigenvalue weighted by Gasteiger charge is -2.10. The van der Waals surface area contributed by atoms with Crippen molar-refractivity contribution < 1.29 is 9.18 Å². The number of aromatic amines is 1. The fraction of sp³-hybridized carbons (Fsp3) is 0.250. The largest absolute Gasteiger partial charge is 0.348 e. The Kier molecular flexibility index (Phi) is 5.77. The van der Waals surface area contributed by atoms with Crippen LogP contribution in [0.4, 0.5) is 4.39 Å². The van der Waals surface area contributed by atoms with Crippen LogP contribution in [0.2, 0.25) is 0 Å². The summed E-state index contributed by atoms with van der Waals surface area (Å²) in [5.41, 5.74) is 6.94. The number of aryl methyl sites for hydroxylation is 3. The van der Waals surface area contributed by atoms with Crippen molar-refractivity contribution in [2.24, 2.45) is 0 Å². The maximum atomic E-state index is 13.1. The number of carbonyl (C=O) groups is 1. The summed E-state index contributed by atoms with van der Waals surface area (Å²) in [6, 6.07) is 14.6. The average Bonchev–Trinajstić information content (AvgIpc) is 3.25. The van der Waals surface area contributed by atoms with Crippen LogP contribution in [0.3, 0.4) is 0 Å². The number of nitrogens with one attached hydrogen (secondary N) is 1. The van der Waals surface area contributed by atoms with Crippen molar-refractivity contribution in [3.63, 3.8) is 0 Å². The number of nitrogens with zero attached hydrogens (tertiary/aromatic N) is 2. The van der Waals surface area contributed by atoms with E-state index in [2.05, 4.69) is 20.6 Å². The fourth-order valence-electron chi connectivity index (χ4n) is 3.70. The van der Waals surface area contributed by atoms with Gasteiger partial charge in [-0.05, 0) is 68.7 Å². The molecule has 1 N–H and O–H groups in total.